The average Bonchev–Trinajstić information content (AvgIpc) is 2.53. The number of likely N-dealkylation sites (N-methyl/N-ethyl adjacent to an activating group) is 2. The van der Waals surface area contributed by atoms with Gasteiger partial charge >= 0.3 is 0 Å². The van der Waals surface area contributed by atoms with Gasteiger partial charge in [-0.3, -0.25) is 9.59 Å². The second-order valence-electron chi connectivity index (χ2n) is 9.15. The van der Waals surface area contributed by atoms with Crippen LogP contribution in [0, 0.1) is 0 Å². The number of phenols is 1. The third-order valence-corrected chi connectivity index (χ3v) is 4.81. The highest BCUT2D eigenvalue weighted by Crippen LogP contribution is 2.39. The normalized spacial score (nSPS) is 12.0. The van der Waals surface area contributed by atoms with Crippen molar-refractivity contribution in [3.63, 3.8) is 0 Å². The molecule has 1 aromatic rings. The first-order chi connectivity index (χ1) is 12.2. The highest BCUT2D eigenvalue weighted by atomic mass is 16.3. The van der Waals surface area contributed by atoms with Crippen LogP contribution in [0.5, 0.6) is 5.75 Å². The van der Waals surface area contributed by atoms with Crippen molar-refractivity contribution in [1.29, 1.82) is 0 Å². The minimum absolute atomic E-state index is 0.0388. The molecule has 0 spiro atoms. The first kappa shape index (κ1) is 23.0. The van der Waals surface area contributed by atoms with Gasteiger partial charge in [-0.25, -0.2) is 0 Å². The Kier molecular flexibility index (Phi) is 7.09. The zero-order valence-corrected chi connectivity index (χ0v) is 18.4. The summed E-state index contributed by atoms with van der Waals surface area (Å²) in [4.78, 5) is 28.5. The van der Waals surface area contributed by atoms with Gasteiger partial charge in [-0.2, -0.15) is 0 Å². The van der Waals surface area contributed by atoms with Crippen LogP contribution in [0.3, 0.4) is 0 Å². The number of hydrogen-bond donors (Lipinski definition) is 1. The summed E-state index contributed by atoms with van der Waals surface area (Å²) in [5.74, 6) is -0.0401. The summed E-state index contributed by atoms with van der Waals surface area (Å²) in [5.41, 5.74) is 1.35. The van der Waals surface area contributed by atoms with E-state index >= 15 is 0 Å². The minimum Gasteiger partial charge on any atom is -0.507 e. The summed E-state index contributed by atoms with van der Waals surface area (Å²) in [6.07, 6.45) is 0. The molecule has 27 heavy (non-hydrogen) atoms. The van der Waals surface area contributed by atoms with Gasteiger partial charge in [0.2, 0.25) is 5.91 Å². The van der Waals surface area contributed by atoms with E-state index < -0.39 is 0 Å². The minimum atomic E-state index is -0.310. The first-order valence-corrected chi connectivity index (χ1v) is 9.65. The maximum absolute atomic E-state index is 13.0. The van der Waals surface area contributed by atoms with Crippen LogP contribution in [-0.2, 0) is 15.6 Å². The molecule has 0 fully saturated rings. The highest BCUT2D eigenvalue weighted by Gasteiger charge is 2.29. The van der Waals surface area contributed by atoms with Crippen molar-refractivity contribution in [3.05, 3.63) is 28.8 Å². The lowest BCUT2D eigenvalue weighted by molar-refractivity contribution is -0.131. The van der Waals surface area contributed by atoms with Crippen LogP contribution in [0.15, 0.2) is 12.1 Å². The standard InChI is InChI=1S/C22H36N2O3/c1-10-24(11-2)18(25)14-23(9)20(27)15-12-16(21(3,4)5)19(26)17(13-15)22(6,7)8/h12-13,26H,10-11,14H2,1-9H3. The second-order valence-corrected chi connectivity index (χ2v) is 9.15. The summed E-state index contributed by atoms with van der Waals surface area (Å²) in [6.45, 7) is 17.2. The third-order valence-electron chi connectivity index (χ3n) is 4.81. The zero-order chi connectivity index (χ0) is 21.2. The lowest BCUT2D eigenvalue weighted by Gasteiger charge is -2.29. The average molecular weight is 377 g/mol. The molecule has 152 valence electrons. The maximum atomic E-state index is 13.0. The van der Waals surface area contributed by atoms with E-state index in [4.69, 9.17) is 0 Å². The van der Waals surface area contributed by atoms with Gasteiger partial charge in [0.15, 0.2) is 0 Å². The van der Waals surface area contributed by atoms with Gasteiger partial charge in [-0.15, -0.1) is 0 Å². The molecular weight excluding hydrogens is 340 g/mol. The molecule has 1 N–H and O–H groups in total. The molecule has 0 aliphatic carbocycles. The second kappa shape index (κ2) is 8.32. The molecule has 0 bridgehead atoms. The number of carbonyl (C=O) groups excluding carboxylic acids is 2. The van der Waals surface area contributed by atoms with Crippen molar-refractivity contribution in [2.75, 3.05) is 26.7 Å². The Bertz CT molecular complexity index is 657. The lowest BCUT2D eigenvalue weighted by atomic mass is 9.78. The molecule has 5 nitrogen and oxygen atoms in total. The lowest BCUT2D eigenvalue weighted by Crippen LogP contribution is -2.41. The van der Waals surface area contributed by atoms with Crippen LogP contribution < -0.4 is 0 Å². The molecule has 0 unspecified atom stereocenters. The quantitative estimate of drug-likeness (QED) is 0.847. The molecule has 0 heterocycles. The summed E-state index contributed by atoms with van der Waals surface area (Å²) < 4.78 is 0. The number of benzene rings is 1. The van der Waals surface area contributed by atoms with Crippen molar-refractivity contribution in [2.24, 2.45) is 0 Å². The topological polar surface area (TPSA) is 60.9 Å². The number of nitrogens with zero attached hydrogens (tertiary/aromatic N) is 2. The van der Waals surface area contributed by atoms with E-state index in [-0.39, 0.29) is 34.9 Å². The van der Waals surface area contributed by atoms with Crippen LogP contribution in [-0.4, -0.2) is 53.4 Å². The first-order valence-electron chi connectivity index (χ1n) is 9.65. The van der Waals surface area contributed by atoms with Gasteiger partial charge in [-0.05, 0) is 36.8 Å². The summed E-state index contributed by atoms with van der Waals surface area (Å²) in [6, 6.07) is 3.51. The Morgan fingerprint density at radius 2 is 1.33 bits per heavy atom. The molecule has 0 aliphatic heterocycles. The van der Waals surface area contributed by atoms with Crippen LogP contribution in [0.25, 0.3) is 0 Å². The smallest absolute Gasteiger partial charge is 0.254 e. The number of aromatic hydroxyl groups is 1. The number of rotatable bonds is 5. The number of hydrogen-bond acceptors (Lipinski definition) is 3. The van der Waals surface area contributed by atoms with E-state index in [1.807, 2.05) is 55.4 Å². The van der Waals surface area contributed by atoms with E-state index in [2.05, 4.69) is 0 Å². The molecule has 0 radical (unpaired) electrons. The predicted octanol–water partition coefficient (Wildman–Crippen LogP) is 3.93. The Labute approximate surface area is 164 Å². The van der Waals surface area contributed by atoms with Gasteiger partial charge in [0.05, 0.1) is 6.54 Å². The zero-order valence-electron chi connectivity index (χ0n) is 18.4. The summed E-state index contributed by atoms with van der Waals surface area (Å²) in [5, 5.41) is 10.8. The van der Waals surface area contributed by atoms with E-state index in [0.29, 0.717) is 18.7 Å². The summed E-state index contributed by atoms with van der Waals surface area (Å²) >= 11 is 0. The number of carbonyl (C=O) groups is 2. The molecule has 2 amide bonds. The SMILES string of the molecule is CCN(CC)C(=O)CN(C)C(=O)c1cc(C(C)(C)C)c(O)c(C(C)(C)C)c1. The van der Waals surface area contributed by atoms with Crippen LogP contribution in [0.2, 0.25) is 0 Å². The van der Waals surface area contributed by atoms with Crippen LogP contribution in [0.4, 0.5) is 0 Å². The Morgan fingerprint density at radius 3 is 1.67 bits per heavy atom. The Hall–Kier alpha value is -2.04. The van der Waals surface area contributed by atoms with Crippen molar-refractivity contribution < 1.29 is 14.7 Å². The predicted molar refractivity (Wildman–Crippen MR) is 110 cm³/mol. The molecule has 0 aromatic heterocycles. The fourth-order valence-corrected chi connectivity index (χ4v) is 3.07. The van der Waals surface area contributed by atoms with Crippen molar-refractivity contribution in [3.8, 4) is 5.75 Å². The van der Waals surface area contributed by atoms with E-state index in [9.17, 15) is 14.7 Å². The van der Waals surface area contributed by atoms with Crippen LogP contribution >= 0.6 is 0 Å². The molecule has 0 saturated heterocycles. The Morgan fingerprint density at radius 1 is 0.926 bits per heavy atom. The van der Waals surface area contributed by atoms with E-state index in [0.717, 1.165) is 11.1 Å². The van der Waals surface area contributed by atoms with Gasteiger partial charge in [0.25, 0.3) is 5.91 Å². The Balaban J connectivity index is 3.32. The fraction of sp³-hybridized carbons (Fsp3) is 0.636. The van der Waals surface area contributed by atoms with Crippen LogP contribution in [0.1, 0.15) is 76.9 Å². The van der Waals surface area contributed by atoms with Gasteiger partial charge < -0.3 is 14.9 Å². The highest BCUT2D eigenvalue weighted by molar-refractivity contribution is 5.97. The molecule has 0 aliphatic rings. The van der Waals surface area contributed by atoms with Crippen molar-refractivity contribution in [1.82, 2.24) is 9.80 Å². The van der Waals surface area contributed by atoms with Gasteiger partial charge in [0.1, 0.15) is 5.75 Å². The molecule has 1 aromatic carbocycles. The third kappa shape index (κ3) is 5.47. The molecule has 0 saturated carbocycles. The van der Waals surface area contributed by atoms with Gasteiger partial charge in [0, 0.05) is 36.8 Å². The van der Waals surface area contributed by atoms with Crippen molar-refractivity contribution >= 4 is 11.8 Å². The monoisotopic (exact) mass is 376 g/mol. The van der Waals surface area contributed by atoms with E-state index in [1.54, 1.807) is 24.1 Å². The number of amides is 2. The molecule has 1 rings (SSSR count). The molecule has 0 atom stereocenters. The molecule has 5 heteroatoms. The van der Waals surface area contributed by atoms with E-state index in [1.165, 1.54) is 4.90 Å². The van der Waals surface area contributed by atoms with Gasteiger partial charge in [-0.1, -0.05) is 41.5 Å². The molecular formula is C22H36N2O3. The summed E-state index contributed by atoms with van der Waals surface area (Å²) in [7, 11) is 1.64. The van der Waals surface area contributed by atoms with Crippen molar-refractivity contribution in [2.45, 2.75) is 66.2 Å². The number of phenolic OH excluding ortho intramolecular Hbond substituents is 1. The largest absolute Gasteiger partial charge is 0.507 e. The fourth-order valence-electron chi connectivity index (χ4n) is 3.07. The maximum Gasteiger partial charge on any atom is 0.254 e.